The largest absolute Gasteiger partial charge is 0.310 e. The maximum Gasteiger partial charge on any atom is 0.0541 e. The molecule has 0 aliphatic heterocycles. The summed E-state index contributed by atoms with van der Waals surface area (Å²) in [5.41, 5.74) is 21.5. The fraction of sp³-hybridized carbons (Fsp3) is 0. The van der Waals surface area contributed by atoms with E-state index in [9.17, 15) is 0 Å². The summed E-state index contributed by atoms with van der Waals surface area (Å²) in [5.74, 6) is 0. The zero-order valence-electron chi connectivity index (χ0n) is 34.0. The van der Waals surface area contributed by atoms with E-state index in [4.69, 9.17) is 0 Å². The third-order valence-corrected chi connectivity index (χ3v) is 12.6. The Hall–Kier alpha value is -8.20. The highest BCUT2D eigenvalue weighted by Gasteiger charge is 2.24. The van der Waals surface area contributed by atoms with E-state index in [-0.39, 0.29) is 0 Å². The second kappa shape index (κ2) is 14.8. The molecule has 11 aromatic rings. The molecule has 12 rings (SSSR count). The number of para-hydroxylation sites is 2. The Labute approximate surface area is 361 Å². The fourth-order valence-corrected chi connectivity index (χ4v) is 9.68. The van der Waals surface area contributed by atoms with Crippen molar-refractivity contribution in [3.8, 4) is 72.4 Å². The molecule has 1 aromatic heterocycles. The monoisotopic (exact) mass is 788 g/mol. The van der Waals surface area contributed by atoms with Crippen LogP contribution in [0.25, 0.3) is 94.3 Å². The van der Waals surface area contributed by atoms with Crippen LogP contribution in [0.2, 0.25) is 0 Å². The Morgan fingerprint density at radius 2 is 0.645 bits per heavy atom. The summed E-state index contributed by atoms with van der Waals surface area (Å²) < 4.78 is 2.37. The summed E-state index contributed by atoms with van der Waals surface area (Å²) in [4.78, 5) is 2.40. The lowest BCUT2D eigenvalue weighted by molar-refractivity contribution is 1.18. The van der Waals surface area contributed by atoms with Crippen molar-refractivity contribution < 1.29 is 0 Å². The second-order valence-electron chi connectivity index (χ2n) is 16.1. The van der Waals surface area contributed by atoms with Crippen LogP contribution in [0.3, 0.4) is 0 Å². The van der Waals surface area contributed by atoms with Gasteiger partial charge in [0.2, 0.25) is 0 Å². The molecule has 0 spiro atoms. The Balaban J connectivity index is 1.00. The Morgan fingerprint density at radius 1 is 0.242 bits per heavy atom. The second-order valence-corrected chi connectivity index (χ2v) is 16.1. The minimum atomic E-state index is 1.09. The van der Waals surface area contributed by atoms with Gasteiger partial charge in [-0.3, -0.25) is 0 Å². The lowest BCUT2D eigenvalue weighted by Gasteiger charge is -2.28. The molecule has 62 heavy (non-hydrogen) atoms. The molecule has 0 saturated carbocycles. The van der Waals surface area contributed by atoms with Crippen LogP contribution in [-0.4, -0.2) is 4.57 Å². The van der Waals surface area contributed by atoms with Crippen LogP contribution < -0.4 is 4.90 Å². The van der Waals surface area contributed by atoms with E-state index < -0.39 is 0 Å². The average molecular weight is 789 g/mol. The van der Waals surface area contributed by atoms with Gasteiger partial charge in [0.05, 0.1) is 11.0 Å². The Bertz CT molecular complexity index is 3430. The summed E-state index contributed by atoms with van der Waals surface area (Å²) in [6.07, 6.45) is 0. The van der Waals surface area contributed by atoms with E-state index >= 15 is 0 Å². The first-order chi connectivity index (χ1) is 30.8. The number of aromatic nitrogens is 1. The molecule has 0 atom stereocenters. The molecule has 2 heteroatoms. The molecule has 1 heterocycles. The number of hydrogen-bond donors (Lipinski definition) is 0. The van der Waals surface area contributed by atoms with E-state index in [0.717, 1.165) is 17.1 Å². The molecule has 0 amide bonds. The van der Waals surface area contributed by atoms with E-state index in [1.807, 2.05) is 0 Å². The summed E-state index contributed by atoms with van der Waals surface area (Å²) in [6, 6.07) is 88.5. The first-order valence-electron chi connectivity index (χ1n) is 21.3. The van der Waals surface area contributed by atoms with Gasteiger partial charge in [-0.15, -0.1) is 0 Å². The van der Waals surface area contributed by atoms with Gasteiger partial charge < -0.3 is 9.47 Å². The van der Waals surface area contributed by atoms with Crippen molar-refractivity contribution in [2.24, 2.45) is 0 Å². The first kappa shape index (κ1) is 35.7. The standard InChI is InChI=1S/C60H40N2/c1-3-15-41(16-4-1)42-27-32-46(33-28-42)61(48-36-37-55-53-23-10-9-21-51(53)49-19-7-8-20-50(49)52-22-11-12-24-54(52)57(55)40-48)47-34-29-43(30-35-47)44-31-38-60-58(39-44)56-25-13-14-26-59(56)62(60)45-17-5-2-6-18-45/h1-40H. The number of nitrogens with zero attached hydrogens (tertiary/aromatic N) is 2. The van der Waals surface area contributed by atoms with Gasteiger partial charge in [-0.2, -0.15) is 0 Å². The predicted octanol–water partition coefficient (Wildman–Crippen LogP) is 16.6. The minimum Gasteiger partial charge on any atom is -0.310 e. The molecule has 0 saturated heterocycles. The summed E-state index contributed by atoms with van der Waals surface area (Å²) >= 11 is 0. The SMILES string of the molecule is c1ccc(-c2ccc(N(c3ccc(-c4ccc5c(c4)c4ccccc4n5-c4ccccc4)cc3)c3ccc4c(c3)-c3ccccc3-c3ccccc3-c3ccccc3-4)cc2)cc1. The lowest BCUT2D eigenvalue weighted by Crippen LogP contribution is -2.10. The topological polar surface area (TPSA) is 8.17 Å². The van der Waals surface area contributed by atoms with Crippen molar-refractivity contribution in [3.05, 3.63) is 243 Å². The lowest BCUT2D eigenvalue weighted by atomic mass is 9.81. The molecular formula is C60H40N2. The van der Waals surface area contributed by atoms with E-state index in [1.54, 1.807) is 0 Å². The van der Waals surface area contributed by atoms with Gasteiger partial charge in [0.15, 0.2) is 0 Å². The third kappa shape index (κ3) is 5.96. The maximum atomic E-state index is 2.40. The van der Waals surface area contributed by atoms with Crippen molar-refractivity contribution in [2.75, 3.05) is 4.90 Å². The summed E-state index contributed by atoms with van der Waals surface area (Å²) in [7, 11) is 0. The van der Waals surface area contributed by atoms with Crippen molar-refractivity contribution in [3.63, 3.8) is 0 Å². The molecule has 2 nitrogen and oxygen atoms in total. The van der Waals surface area contributed by atoms with Gasteiger partial charge in [-0.25, -0.2) is 0 Å². The van der Waals surface area contributed by atoms with Crippen molar-refractivity contribution >= 4 is 38.9 Å². The van der Waals surface area contributed by atoms with Gasteiger partial charge >= 0.3 is 0 Å². The van der Waals surface area contributed by atoms with Gasteiger partial charge in [0.1, 0.15) is 0 Å². The summed E-state index contributed by atoms with van der Waals surface area (Å²) in [6.45, 7) is 0. The molecule has 0 N–H and O–H groups in total. The molecule has 0 radical (unpaired) electrons. The highest BCUT2D eigenvalue weighted by molar-refractivity contribution is 6.10. The molecule has 0 bridgehead atoms. The highest BCUT2D eigenvalue weighted by Crippen LogP contribution is 2.49. The minimum absolute atomic E-state index is 1.09. The molecule has 0 fully saturated rings. The normalized spacial score (nSPS) is 11.5. The van der Waals surface area contributed by atoms with Crippen molar-refractivity contribution in [2.45, 2.75) is 0 Å². The Morgan fingerprint density at radius 3 is 1.23 bits per heavy atom. The predicted molar refractivity (Wildman–Crippen MR) is 262 cm³/mol. The molecule has 1 aliphatic rings. The third-order valence-electron chi connectivity index (χ3n) is 12.6. The van der Waals surface area contributed by atoms with Gasteiger partial charge in [-0.05, 0) is 133 Å². The van der Waals surface area contributed by atoms with Crippen LogP contribution in [0, 0.1) is 0 Å². The molecule has 290 valence electrons. The van der Waals surface area contributed by atoms with Gasteiger partial charge in [0, 0.05) is 33.5 Å². The fourth-order valence-electron chi connectivity index (χ4n) is 9.68. The number of fused-ring (bicyclic) bond motifs is 11. The number of rotatable bonds is 6. The van der Waals surface area contributed by atoms with Crippen LogP contribution in [-0.2, 0) is 0 Å². The van der Waals surface area contributed by atoms with Gasteiger partial charge in [0.25, 0.3) is 0 Å². The van der Waals surface area contributed by atoms with Crippen molar-refractivity contribution in [1.82, 2.24) is 4.57 Å². The number of benzene rings is 10. The summed E-state index contributed by atoms with van der Waals surface area (Å²) in [5, 5.41) is 2.50. The van der Waals surface area contributed by atoms with Crippen LogP contribution in [0.4, 0.5) is 17.1 Å². The quantitative estimate of drug-likeness (QED) is 0.163. The van der Waals surface area contributed by atoms with Crippen LogP contribution in [0.15, 0.2) is 243 Å². The maximum absolute atomic E-state index is 2.40. The molecule has 10 aromatic carbocycles. The zero-order chi connectivity index (χ0) is 41.0. The van der Waals surface area contributed by atoms with E-state index in [1.165, 1.54) is 94.3 Å². The van der Waals surface area contributed by atoms with E-state index in [0.29, 0.717) is 0 Å². The number of anilines is 3. The van der Waals surface area contributed by atoms with E-state index in [2.05, 4.69) is 252 Å². The van der Waals surface area contributed by atoms with Crippen molar-refractivity contribution in [1.29, 1.82) is 0 Å². The first-order valence-corrected chi connectivity index (χ1v) is 21.3. The van der Waals surface area contributed by atoms with Crippen LogP contribution in [0.1, 0.15) is 0 Å². The van der Waals surface area contributed by atoms with Crippen LogP contribution >= 0.6 is 0 Å². The molecular weight excluding hydrogens is 749 g/mol. The molecule has 0 unspecified atom stereocenters. The molecule has 1 aliphatic carbocycles. The van der Waals surface area contributed by atoms with Crippen LogP contribution in [0.5, 0.6) is 0 Å². The number of hydrogen-bond acceptors (Lipinski definition) is 1. The highest BCUT2D eigenvalue weighted by atomic mass is 15.1. The zero-order valence-corrected chi connectivity index (χ0v) is 34.0. The average Bonchev–Trinajstić information content (AvgIpc) is 3.68. The smallest absolute Gasteiger partial charge is 0.0541 e. The Kier molecular flexibility index (Phi) is 8.53. The van der Waals surface area contributed by atoms with Gasteiger partial charge in [-0.1, -0.05) is 176 Å².